The van der Waals surface area contributed by atoms with Gasteiger partial charge in [-0.2, -0.15) is 0 Å². The summed E-state index contributed by atoms with van der Waals surface area (Å²) >= 11 is 1.54. The summed E-state index contributed by atoms with van der Waals surface area (Å²) in [5.74, 6) is 0.757. The van der Waals surface area contributed by atoms with Gasteiger partial charge in [0.05, 0.1) is 10.8 Å². The zero-order chi connectivity index (χ0) is 23.5. The first kappa shape index (κ1) is 23.4. The summed E-state index contributed by atoms with van der Waals surface area (Å²) < 4.78 is 2.13. The van der Waals surface area contributed by atoms with Crippen molar-refractivity contribution in [3.63, 3.8) is 0 Å². The van der Waals surface area contributed by atoms with Gasteiger partial charge in [-0.25, -0.2) is 0 Å². The van der Waals surface area contributed by atoms with Crippen molar-refractivity contribution in [2.24, 2.45) is 13.0 Å². The monoisotopic (exact) mass is 463 g/mol. The van der Waals surface area contributed by atoms with Gasteiger partial charge in [-0.15, -0.1) is 0 Å². The molecule has 1 aliphatic rings. The number of benzene rings is 2. The van der Waals surface area contributed by atoms with Crippen LogP contribution in [0.15, 0.2) is 53.6 Å². The summed E-state index contributed by atoms with van der Waals surface area (Å²) in [5.41, 5.74) is 4.42. The highest BCUT2D eigenvalue weighted by Gasteiger charge is 2.38. The minimum Gasteiger partial charge on any atom is -0.354 e. The van der Waals surface area contributed by atoms with E-state index in [1.807, 2.05) is 19.2 Å². The van der Waals surface area contributed by atoms with Crippen LogP contribution >= 0.6 is 11.8 Å². The van der Waals surface area contributed by atoms with Crippen LogP contribution in [0.1, 0.15) is 43.0 Å². The van der Waals surface area contributed by atoms with Crippen LogP contribution in [0.2, 0.25) is 0 Å². The molecule has 1 atom stereocenters. The lowest BCUT2D eigenvalue weighted by atomic mass is 10.0. The predicted molar refractivity (Wildman–Crippen MR) is 135 cm³/mol. The summed E-state index contributed by atoms with van der Waals surface area (Å²) in [6.07, 6.45) is 1.62. The Kier molecular flexibility index (Phi) is 7.13. The Balaban J connectivity index is 1.73. The normalized spacial score (nSPS) is 16.2. The second-order valence-electron chi connectivity index (χ2n) is 9.28. The summed E-state index contributed by atoms with van der Waals surface area (Å²) in [4.78, 5) is 28.8. The number of nitrogens with one attached hydrogen (secondary N) is 1. The predicted octanol–water partition coefficient (Wildman–Crippen LogP) is 4.87. The molecule has 0 fully saturated rings. The minimum absolute atomic E-state index is 0.0106. The van der Waals surface area contributed by atoms with E-state index >= 15 is 0 Å². The lowest BCUT2D eigenvalue weighted by Gasteiger charge is -2.30. The van der Waals surface area contributed by atoms with Crippen molar-refractivity contribution >= 4 is 34.5 Å². The molecule has 174 valence electrons. The highest BCUT2D eigenvalue weighted by Crippen LogP contribution is 2.41. The molecular formula is C27H33N3O2S. The lowest BCUT2D eigenvalue weighted by Crippen LogP contribution is -2.45. The number of hydrogen-bond donors (Lipinski definition) is 1. The fourth-order valence-electron chi connectivity index (χ4n) is 4.46. The van der Waals surface area contributed by atoms with E-state index in [0.29, 0.717) is 31.2 Å². The molecule has 4 rings (SSSR count). The van der Waals surface area contributed by atoms with Gasteiger partial charge in [0.2, 0.25) is 11.8 Å². The average Bonchev–Trinajstić information content (AvgIpc) is 2.97. The smallest absolute Gasteiger partial charge is 0.247 e. The number of amides is 2. The molecule has 2 aromatic carbocycles. The first-order chi connectivity index (χ1) is 15.9. The number of carbonyl (C=O) groups excluding carboxylic acids is 2. The van der Waals surface area contributed by atoms with Gasteiger partial charge in [0.1, 0.15) is 6.04 Å². The third kappa shape index (κ3) is 4.96. The first-order valence-electron chi connectivity index (χ1n) is 11.7. The highest BCUT2D eigenvalue weighted by atomic mass is 32.2. The van der Waals surface area contributed by atoms with Gasteiger partial charge in [-0.05, 0) is 37.3 Å². The number of nitrogens with zero attached hydrogens (tertiary/aromatic N) is 2. The molecule has 6 heteroatoms. The maximum atomic E-state index is 13.6. The molecule has 1 aliphatic heterocycles. The van der Waals surface area contributed by atoms with Gasteiger partial charge in [0.15, 0.2) is 0 Å². The third-order valence-electron chi connectivity index (χ3n) is 6.36. The Bertz CT molecular complexity index is 1150. The van der Waals surface area contributed by atoms with Gasteiger partial charge in [0.25, 0.3) is 0 Å². The number of rotatable bonds is 7. The largest absolute Gasteiger partial charge is 0.354 e. The van der Waals surface area contributed by atoms with Crippen molar-refractivity contribution in [1.82, 2.24) is 14.8 Å². The molecule has 1 aromatic heterocycles. The van der Waals surface area contributed by atoms with E-state index < -0.39 is 6.04 Å². The third-order valence-corrected chi connectivity index (χ3v) is 7.52. The number of carbonyl (C=O) groups is 2. The summed E-state index contributed by atoms with van der Waals surface area (Å²) in [7, 11) is 2.02. The number of aromatic nitrogens is 1. The molecule has 5 nitrogen and oxygen atoms in total. The molecule has 33 heavy (non-hydrogen) atoms. The van der Waals surface area contributed by atoms with Gasteiger partial charge in [-0.1, -0.05) is 73.6 Å². The second-order valence-corrected chi connectivity index (χ2v) is 10.2. The van der Waals surface area contributed by atoms with E-state index in [-0.39, 0.29) is 11.8 Å². The molecule has 3 aromatic rings. The zero-order valence-corrected chi connectivity index (χ0v) is 20.7. The van der Waals surface area contributed by atoms with Crippen LogP contribution in [0.5, 0.6) is 0 Å². The van der Waals surface area contributed by atoms with E-state index in [1.54, 1.807) is 4.90 Å². The van der Waals surface area contributed by atoms with E-state index in [9.17, 15) is 9.59 Å². The summed E-state index contributed by atoms with van der Waals surface area (Å²) in [6.45, 7) is 7.48. The molecular weight excluding hydrogens is 430 g/mol. The van der Waals surface area contributed by atoms with Crippen molar-refractivity contribution in [1.29, 1.82) is 0 Å². The number of aryl methyl sites for hydroxylation is 2. The van der Waals surface area contributed by atoms with Crippen molar-refractivity contribution < 1.29 is 9.59 Å². The van der Waals surface area contributed by atoms with E-state index in [0.717, 1.165) is 27.9 Å². The van der Waals surface area contributed by atoms with Gasteiger partial charge >= 0.3 is 0 Å². The van der Waals surface area contributed by atoms with Gasteiger partial charge in [0, 0.05) is 36.6 Å². The number of thioether (sulfide) groups is 1. The number of hydrogen-bond acceptors (Lipinski definition) is 3. The first-order valence-corrected chi connectivity index (χ1v) is 12.7. The van der Waals surface area contributed by atoms with Crippen LogP contribution in [-0.4, -0.2) is 40.1 Å². The quantitative estimate of drug-likeness (QED) is 0.544. The van der Waals surface area contributed by atoms with Crippen molar-refractivity contribution in [2.45, 2.75) is 44.7 Å². The van der Waals surface area contributed by atoms with Gasteiger partial charge in [-0.3, -0.25) is 9.59 Å². The molecule has 0 unspecified atom stereocenters. The van der Waals surface area contributed by atoms with Crippen LogP contribution in [-0.2, 0) is 23.1 Å². The molecule has 0 radical (unpaired) electrons. The molecule has 0 saturated heterocycles. The van der Waals surface area contributed by atoms with Crippen LogP contribution in [0.3, 0.4) is 0 Å². The Morgan fingerprint density at radius 3 is 2.61 bits per heavy atom. The van der Waals surface area contributed by atoms with Crippen LogP contribution < -0.4 is 5.32 Å². The van der Waals surface area contributed by atoms with E-state index in [2.05, 4.69) is 67.1 Å². The molecule has 2 heterocycles. The lowest BCUT2D eigenvalue weighted by molar-refractivity contribution is -0.138. The van der Waals surface area contributed by atoms with Crippen molar-refractivity contribution in [3.05, 3.63) is 65.2 Å². The summed E-state index contributed by atoms with van der Waals surface area (Å²) in [5, 5.41) is 5.18. The fourth-order valence-corrected chi connectivity index (χ4v) is 5.56. The number of fused-ring (bicyclic) bond motifs is 3. The minimum atomic E-state index is -0.633. The number of para-hydroxylation sites is 1. The molecule has 0 saturated carbocycles. The Morgan fingerprint density at radius 2 is 1.88 bits per heavy atom. The molecule has 1 N–H and O–H groups in total. The van der Waals surface area contributed by atoms with Gasteiger partial charge < -0.3 is 14.8 Å². The second kappa shape index (κ2) is 10.0. The molecule has 0 bridgehead atoms. The van der Waals surface area contributed by atoms with E-state index in [4.69, 9.17) is 0 Å². The topological polar surface area (TPSA) is 54.3 Å². The van der Waals surface area contributed by atoms with Crippen molar-refractivity contribution in [3.8, 4) is 0 Å². The maximum absolute atomic E-state index is 13.6. The Labute approximate surface area is 200 Å². The molecule has 0 spiro atoms. The standard InChI is InChI=1S/C27H33N3O2S/c1-18(2)13-15-28-26(32)25-24-21-7-5-6-8-22(21)29(4)27(24)33-17-23(31)30(25)16-14-20-11-9-19(3)10-12-20/h5-12,18,25H,13-17H2,1-4H3,(H,28,32)/t25-/m1/s1. The summed E-state index contributed by atoms with van der Waals surface area (Å²) in [6, 6.07) is 15.9. The maximum Gasteiger partial charge on any atom is 0.247 e. The zero-order valence-electron chi connectivity index (χ0n) is 19.9. The Hall–Kier alpha value is -2.73. The highest BCUT2D eigenvalue weighted by molar-refractivity contribution is 8.00. The van der Waals surface area contributed by atoms with Crippen molar-refractivity contribution in [2.75, 3.05) is 18.8 Å². The SMILES string of the molecule is Cc1ccc(CCN2C(=O)CSc3c(c4ccccc4n3C)[C@@H]2C(=O)NCCC(C)C)cc1. The molecule has 0 aliphatic carbocycles. The fraction of sp³-hybridized carbons (Fsp3) is 0.407. The van der Waals surface area contributed by atoms with Crippen LogP contribution in [0, 0.1) is 12.8 Å². The Morgan fingerprint density at radius 1 is 1.15 bits per heavy atom. The van der Waals surface area contributed by atoms with Crippen LogP contribution in [0.4, 0.5) is 0 Å². The average molecular weight is 464 g/mol. The van der Waals surface area contributed by atoms with E-state index in [1.165, 1.54) is 22.9 Å². The molecule has 2 amide bonds. The van der Waals surface area contributed by atoms with Crippen LogP contribution in [0.25, 0.3) is 10.9 Å².